The highest BCUT2D eigenvalue weighted by Crippen LogP contribution is 2.57. The molecule has 0 radical (unpaired) electrons. The average molecular weight is 999 g/mol. The number of carbonyl (C=O) groups excluding carboxylic acids is 6. The first-order chi connectivity index (χ1) is 33.2. The van der Waals surface area contributed by atoms with Gasteiger partial charge in [0.25, 0.3) is 23.6 Å². The average Bonchev–Trinajstić information content (AvgIpc) is 3.75. The van der Waals surface area contributed by atoms with Crippen LogP contribution < -0.4 is 4.90 Å². The summed E-state index contributed by atoms with van der Waals surface area (Å²) in [6, 6.07) is 10.9. The molecule has 4 aromatic rings. The summed E-state index contributed by atoms with van der Waals surface area (Å²) in [6.45, 7) is 7.66. The zero-order valence-electron chi connectivity index (χ0n) is 39.5. The van der Waals surface area contributed by atoms with Crippen LogP contribution in [-0.4, -0.2) is 117 Å². The number of alkyl halides is 6. The van der Waals surface area contributed by atoms with E-state index < -0.39 is 148 Å². The number of amides is 4. The number of aliphatic hydroxyl groups is 4. The highest BCUT2D eigenvalue weighted by molar-refractivity contribution is 6.35. The van der Waals surface area contributed by atoms with Gasteiger partial charge in [-0.05, 0) is 108 Å². The predicted molar refractivity (Wildman–Crippen MR) is 243 cm³/mol. The first-order valence-electron chi connectivity index (χ1n) is 22.7. The molecule has 4 N–H and O–H groups in total. The second kappa shape index (κ2) is 20.0. The fourth-order valence-electron chi connectivity index (χ4n) is 8.93. The van der Waals surface area contributed by atoms with Gasteiger partial charge in [-0.15, -0.1) is 0 Å². The van der Waals surface area contributed by atoms with Crippen molar-refractivity contribution in [3.8, 4) is 11.1 Å². The molecule has 2 aliphatic heterocycles. The third-order valence-electron chi connectivity index (χ3n) is 14.0. The van der Waals surface area contributed by atoms with Gasteiger partial charge in [0.05, 0.1) is 52.3 Å². The van der Waals surface area contributed by atoms with Crippen molar-refractivity contribution >= 4 is 41.3 Å². The van der Waals surface area contributed by atoms with Gasteiger partial charge in [-0.3, -0.25) is 24.1 Å². The maximum absolute atomic E-state index is 15.6. The molecule has 71 heavy (non-hydrogen) atoms. The number of hydrogen-bond donors (Lipinski definition) is 4. The van der Waals surface area contributed by atoms with Gasteiger partial charge in [0.15, 0.2) is 0 Å². The lowest BCUT2D eigenvalue weighted by Gasteiger charge is -2.38. The van der Waals surface area contributed by atoms with Crippen LogP contribution in [0.5, 0.6) is 0 Å². The molecule has 0 aliphatic carbocycles. The number of hydrogen-bond acceptors (Lipinski definition) is 12. The van der Waals surface area contributed by atoms with E-state index in [4.69, 9.17) is 9.47 Å². The van der Waals surface area contributed by atoms with Crippen LogP contribution in [0.2, 0.25) is 0 Å². The molecule has 20 heteroatoms. The first-order valence-corrected chi connectivity index (χ1v) is 22.7. The maximum atomic E-state index is 15.6. The van der Waals surface area contributed by atoms with E-state index in [0.717, 1.165) is 23.1 Å². The molecule has 4 amide bonds. The van der Waals surface area contributed by atoms with Crippen molar-refractivity contribution in [2.45, 2.75) is 108 Å². The molecule has 2 atom stereocenters. The Balaban J connectivity index is 1.49. The van der Waals surface area contributed by atoms with Crippen LogP contribution in [0.3, 0.4) is 0 Å². The van der Waals surface area contributed by atoms with Crippen molar-refractivity contribution in [3.05, 3.63) is 123 Å². The molecule has 14 nitrogen and oxygen atoms in total. The van der Waals surface area contributed by atoms with Gasteiger partial charge in [0, 0.05) is 5.54 Å². The Labute approximate surface area is 403 Å². The lowest BCUT2D eigenvalue weighted by molar-refractivity contribution is -0.288. The van der Waals surface area contributed by atoms with Gasteiger partial charge in [-0.25, -0.2) is 14.5 Å². The Morgan fingerprint density at radius 1 is 0.563 bits per heavy atom. The summed E-state index contributed by atoms with van der Waals surface area (Å²) in [5.74, 6) is -6.91. The Kier molecular flexibility index (Phi) is 15.1. The quantitative estimate of drug-likeness (QED) is 0.0427. The fraction of sp³-hybridized carbons (Fsp3) is 0.412. The van der Waals surface area contributed by atoms with Crippen LogP contribution in [0.15, 0.2) is 72.8 Å². The summed E-state index contributed by atoms with van der Waals surface area (Å²) in [5.41, 5.74) is -12.6. The Bertz CT molecular complexity index is 2770. The number of anilines is 1. The minimum Gasteiger partial charge on any atom is -0.459 e. The lowest BCUT2D eigenvalue weighted by atomic mass is 9.71. The highest BCUT2D eigenvalue weighted by atomic mass is 19.4. The second-order valence-electron chi connectivity index (χ2n) is 18.0. The number of ether oxygens (including phenoxy) is 2. The minimum absolute atomic E-state index is 0.0426. The summed E-state index contributed by atoms with van der Waals surface area (Å²) in [7, 11) is 0. The van der Waals surface area contributed by atoms with E-state index in [1.165, 1.54) is 12.1 Å². The van der Waals surface area contributed by atoms with Crippen molar-refractivity contribution in [1.29, 1.82) is 0 Å². The SMILES string of the molecule is CCC(C)(CC)c1ccc(-c2ccc(N3C(=O)c4ccc(C(c5ccc6c(c5)C(=O)N(C(C)(CC)CC)C6=O)(C(F)(F)F)C(F)(F)F)cc4C3=O)c(C(=O)OCC(O)CO)c2)cc1C(=O)OCC(O)CO. The molecule has 0 saturated carbocycles. The van der Waals surface area contributed by atoms with Gasteiger partial charge in [0.1, 0.15) is 25.4 Å². The number of benzene rings is 4. The molecule has 0 fully saturated rings. The molecule has 0 saturated heterocycles. The lowest BCUT2D eigenvalue weighted by Crippen LogP contribution is -2.55. The van der Waals surface area contributed by atoms with Crippen LogP contribution in [0.4, 0.5) is 32.0 Å². The molecule has 6 rings (SSSR count). The molecule has 2 aliphatic rings. The number of imide groups is 2. The molecule has 0 spiro atoms. The van der Waals surface area contributed by atoms with E-state index in [1.807, 2.05) is 20.8 Å². The monoisotopic (exact) mass is 998 g/mol. The van der Waals surface area contributed by atoms with E-state index in [9.17, 15) is 49.2 Å². The summed E-state index contributed by atoms with van der Waals surface area (Å²) < 4.78 is 104. The largest absolute Gasteiger partial charge is 0.459 e. The standard InChI is InChI=1S/C51H52F6N2O12/c1-7-47(5,8-2)39-17-11-27(19-37(39)45(68)70-25-31(62)23-60)28-12-18-40(38(20-28)46(69)71-26-32(63)24-61)58-41(64)33-15-13-29(21-35(33)42(58)65)49(50(52,53)54,51(55,56)57)30-14-16-34-36(22-30)44(67)59(43(34)66)48(6,9-3)10-4/h11-22,31-32,60-63H,7-10,23-26H2,1-6H3. The van der Waals surface area contributed by atoms with Gasteiger partial charge >= 0.3 is 24.3 Å². The van der Waals surface area contributed by atoms with Crippen LogP contribution >= 0.6 is 0 Å². The first kappa shape index (κ1) is 53.9. The highest BCUT2D eigenvalue weighted by Gasteiger charge is 2.73. The van der Waals surface area contributed by atoms with Crippen LogP contribution in [0.25, 0.3) is 11.1 Å². The molecular weight excluding hydrogens is 947 g/mol. The van der Waals surface area contributed by atoms with Crippen LogP contribution in [0, 0.1) is 0 Å². The molecule has 0 aromatic heterocycles. The predicted octanol–water partition coefficient (Wildman–Crippen LogP) is 7.84. The molecule has 0 bridgehead atoms. The van der Waals surface area contributed by atoms with Crippen molar-refractivity contribution in [2.24, 2.45) is 0 Å². The molecule has 2 heterocycles. The summed E-state index contributed by atoms with van der Waals surface area (Å²) in [5, 5.41) is 38.5. The fourth-order valence-corrected chi connectivity index (χ4v) is 8.93. The molecule has 380 valence electrons. The zero-order valence-corrected chi connectivity index (χ0v) is 39.5. The van der Waals surface area contributed by atoms with Gasteiger partial charge in [-0.1, -0.05) is 65.0 Å². The van der Waals surface area contributed by atoms with Gasteiger partial charge < -0.3 is 29.9 Å². The number of halogens is 6. The zero-order chi connectivity index (χ0) is 52.8. The normalized spacial score (nSPS) is 15.3. The minimum atomic E-state index is -6.24. The third-order valence-corrected chi connectivity index (χ3v) is 14.0. The van der Waals surface area contributed by atoms with E-state index in [0.29, 0.717) is 47.6 Å². The van der Waals surface area contributed by atoms with E-state index >= 15 is 26.3 Å². The Hall–Kier alpha value is -6.48. The maximum Gasteiger partial charge on any atom is 0.411 e. The number of aliphatic hydroxyl groups excluding tert-OH is 4. The number of nitrogens with zero attached hydrogens (tertiary/aromatic N) is 2. The Morgan fingerprint density at radius 3 is 1.45 bits per heavy atom. The van der Waals surface area contributed by atoms with Gasteiger partial charge in [0.2, 0.25) is 5.41 Å². The van der Waals surface area contributed by atoms with Gasteiger partial charge in [-0.2, -0.15) is 26.3 Å². The van der Waals surface area contributed by atoms with Crippen LogP contribution in [-0.2, 0) is 20.3 Å². The number of esters is 2. The second-order valence-corrected chi connectivity index (χ2v) is 18.0. The van der Waals surface area contributed by atoms with Crippen molar-refractivity contribution in [3.63, 3.8) is 0 Å². The summed E-state index contributed by atoms with van der Waals surface area (Å²) in [6.07, 6.45) is -13.9. The smallest absolute Gasteiger partial charge is 0.411 e. The molecular formula is C51H52F6N2O12. The van der Waals surface area contributed by atoms with E-state index in [-0.39, 0.29) is 35.6 Å². The van der Waals surface area contributed by atoms with Crippen molar-refractivity contribution < 1.29 is 85.0 Å². The van der Waals surface area contributed by atoms with Crippen molar-refractivity contribution in [2.75, 3.05) is 31.3 Å². The Morgan fingerprint density at radius 2 is 0.986 bits per heavy atom. The number of rotatable bonds is 18. The van der Waals surface area contributed by atoms with Crippen molar-refractivity contribution in [1.82, 2.24) is 4.90 Å². The van der Waals surface area contributed by atoms with E-state index in [2.05, 4.69) is 0 Å². The summed E-state index contributed by atoms with van der Waals surface area (Å²) >= 11 is 0. The molecule has 2 unspecified atom stereocenters. The third kappa shape index (κ3) is 9.21. The van der Waals surface area contributed by atoms with E-state index in [1.54, 1.807) is 32.9 Å². The number of carbonyl (C=O) groups is 6. The van der Waals surface area contributed by atoms with Crippen LogP contribution in [0.1, 0.15) is 146 Å². The molecule has 4 aromatic carbocycles. The number of fused-ring (bicyclic) bond motifs is 2. The summed E-state index contributed by atoms with van der Waals surface area (Å²) in [4.78, 5) is 84.2. The topological polar surface area (TPSA) is 208 Å².